The van der Waals surface area contributed by atoms with Crippen molar-refractivity contribution in [1.82, 2.24) is 0 Å². The summed E-state index contributed by atoms with van der Waals surface area (Å²) >= 11 is 0. The zero-order chi connectivity index (χ0) is 48.6. The summed E-state index contributed by atoms with van der Waals surface area (Å²) in [7, 11) is -8.31. The number of rotatable bonds is 9. The van der Waals surface area contributed by atoms with E-state index in [0.29, 0.717) is 0 Å². The summed E-state index contributed by atoms with van der Waals surface area (Å²) in [6, 6.07) is 13.6. The fraction of sp³-hybridized carbons (Fsp3) is 0.647. The highest BCUT2D eigenvalue weighted by molar-refractivity contribution is 6.87. The van der Waals surface area contributed by atoms with Crippen molar-refractivity contribution in [1.29, 1.82) is 0 Å². The molecule has 1 aliphatic rings. The molecular weight excluding hydrogens is 825 g/mol. The van der Waals surface area contributed by atoms with Gasteiger partial charge in [-0.1, -0.05) is 161 Å². The Balaban J connectivity index is 2.16. The Hall–Kier alpha value is -2.21. The number of hydrogen-bond acceptors (Lipinski definition) is 6. The van der Waals surface area contributed by atoms with Crippen LogP contribution in [0.2, 0.25) is 58.9 Å². The van der Waals surface area contributed by atoms with E-state index in [-0.39, 0.29) is 32.5 Å². The molecule has 1 fully saturated rings. The zero-order valence-electron chi connectivity index (χ0n) is 45.1. The largest absolute Gasteiger partial charge is 0.544 e. The second-order valence-corrected chi connectivity index (χ2v) is 40.7. The van der Waals surface area contributed by atoms with E-state index in [2.05, 4.69) is 220 Å². The molecule has 0 aliphatic carbocycles. The average Bonchev–Trinajstić information content (AvgIpc) is 3.03. The highest BCUT2D eigenvalue weighted by Gasteiger charge is 2.47. The Morgan fingerprint density at radius 3 is 0.556 bits per heavy atom. The topological polar surface area (TPSA) is 55.4 Å². The summed E-state index contributed by atoms with van der Waals surface area (Å²) in [4.78, 5) is 0. The Labute approximate surface area is 390 Å². The van der Waals surface area contributed by atoms with Gasteiger partial charge < -0.3 is 27.0 Å². The monoisotopic (exact) mass is 913 g/mol. The van der Waals surface area contributed by atoms with Gasteiger partial charge in [-0.15, -0.1) is 0 Å². The minimum absolute atomic E-state index is 0.222. The first-order chi connectivity index (χ1) is 27.9. The van der Waals surface area contributed by atoms with Crippen molar-refractivity contribution >= 4 is 62.7 Å². The molecule has 4 rings (SSSR count). The highest BCUT2D eigenvalue weighted by atomic mass is 28.4. The summed E-state index contributed by atoms with van der Waals surface area (Å²) in [5, 5.41) is 0. The third-order valence-electron chi connectivity index (χ3n) is 11.0. The quantitative estimate of drug-likeness (QED) is 0.199. The Kier molecular flexibility index (Phi) is 14.8. The first kappa shape index (κ1) is 53.4. The van der Waals surface area contributed by atoms with E-state index in [9.17, 15) is 0 Å². The third kappa shape index (κ3) is 13.7. The molecule has 0 aromatic heterocycles. The molecule has 0 spiro atoms. The number of benzene rings is 3. The molecule has 0 saturated carbocycles. The molecule has 3 aromatic rings. The lowest BCUT2D eigenvalue weighted by Crippen LogP contribution is -2.62. The molecule has 1 saturated heterocycles. The van der Waals surface area contributed by atoms with Gasteiger partial charge in [-0.05, 0) is 141 Å². The molecule has 3 aromatic carbocycles. The van der Waals surface area contributed by atoms with Crippen LogP contribution in [-0.4, -0.2) is 46.3 Å². The van der Waals surface area contributed by atoms with Crippen molar-refractivity contribution in [2.24, 2.45) is 0 Å². The maximum absolute atomic E-state index is 7.22. The second kappa shape index (κ2) is 17.5. The fourth-order valence-electron chi connectivity index (χ4n) is 7.86. The first-order valence-corrected chi connectivity index (χ1v) is 33.7. The van der Waals surface area contributed by atoms with Crippen LogP contribution in [0.4, 0.5) is 0 Å². The molecule has 0 N–H and O–H groups in total. The standard InChI is InChI=1S/C51H87B3O6Si3/c1-46(2,3)37-28-34(29-38(47(4,5)6)43(37)55-61(19,20)21)52-58-53(35-30-39(48(7,8)9)44(56-62(22,23)24)40(31-35)49(10,11)12)60-54(59-52)36-32-41(50(13,14)15)45(57-63(25,26)27)42(33-36)51(16,17)18/h28-33H,1-27H3. The lowest BCUT2D eigenvalue weighted by molar-refractivity contribution is 0.308. The van der Waals surface area contributed by atoms with Crippen LogP contribution in [-0.2, 0) is 46.2 Å². The first-order valence-electron chi connectivity index (χ1n) is 23.5. The van der Waals surface area contributed by atoms with Crippen LogP contribution in [0.3, 0.4) is 0 Å². The molecule has 6 nitrogen and oxygen atoms in total. The maximum atomic E-state index is 7.22. The van der Waals surface area contributed by atoms with E-state index in [1.54, 1.807) is 0 Å². The Bertz CT molecular complexity index is 1770. The predicted molar refractivity (Wildman–Crippen MR) is 283 cm³/mol. The molecule has 0 unspecified atom stereocenters. The van der Waals surface area contributed by atoms with Crippen LogP contribution in [0.25, 0.3) is 0 Å². The molecular formula is C51H87B3O6Si3. The van der Waals surface area contributed by atoms with Gasteiger partial charge in [-0.3, -0.25) is 0 Å². The van der Waals surface area contributed by atoms with Crippen molar-refractivity contribution in [2.75, 3.05) is 0 Å². The van der Waals surface area contributed by atoms with Crippen LogP contribution in [0, 0.1) is 0 Å². The summed E-state index contributed by atoms with van der Waals surface area (Å²) in [6.45, 7) is 61.2. The smallest absolute Gasteiger partial charge is 0.467 e. The lowest BCUT2D eigenvalue weighted by atomic mass is 9.59. The van der Waals surface area contributed by atoms with Gasteiger partial charge in [0, 0.05) is 0 Å². The average molecular weight is 913 g/mol. The fourth-order valence-corrected chi connectivity index (χ4v) is 10.4. The van der Waals surface area contributed by atoms with Crippen LogP contribution >= 0.6 is 0 Å². The van der Waals surface area contributed by atoms with Gasteiger partial charge in [-0.2, -0.15) is 0 Å². The van der Waals surface area contributed by atoms with Gasteiger partial charge >= 0.3 is 21.4 Å². The predicted octanol–water partition coefficient (Wildman–Crippen LogP) is 12.7. The zero-order valence-corrected chi connectivity index (χ0v) is 48.1. The van der Waals surface area contributed by atoms with Gasteiger partial charge in [0.25, 0.3) is 0 Å². The van der Waals surface area contributed by atoms with Crippen LogP contribution in [0.15, 0.2) is 36.4 Å². The summed E-state index contributed by atoms with van der Waals surface area (Å²) < 4.78 is 42.7. The summed E-state index contributed by atoms with van der Waals surface area (Å²) in [5.41, 5.74) is 8.39. The molecule has 0 atom stereocenters. The molecule has 0 bridgehead atoms. The van der Waals surface area contributed by atoms with Crippen molar-refractivity contribution in [3.63, 3.8) is 0 Å². The van der Waals surface area contributed by atoms with E-state index in [0.717, 1.165) is 67.0 Å². The maximum Gasteiger partial charge on any atom is 0.467 e. The highest BCUT2D eigenvalue weighted by Crippen LogP contribution is 2.44. The summed E-state index contributed by atoms with van der Waals surface area (Å²) in [6.07, 6.45) is 0. The van der Waals surface area contributed by atoms with Crippen LogP contribution in [0.5, 0.6) is 17.2 Å². The van der Waals surface area contributed by atoms with E-state index in [1.165, 1.54) is 0 Å². The van der Waals surface area contributed by atoms with E-state index < -0.39 is 46.3 Å². The SMILES string of the molecule is CC(C)(C)c1cc(B2OB(c3cc(C(C)(C)C)c(O[Si](C)(C)C)c(C(C)(C)C)c3)OB(c3cc(C(C)(C)C)c(O[Si](C)(C)C)c(C(C)(C)C)c3)O2)cc(C(C)(C)C)c1O[Si](C)(C)C. The van der Waals surface area contributed by atoms with E-state index in [4.69, 9.17) is 27.0 Å². The van der Waals surface area contributed by atoms with Crippen LogP contribution < -0.4 is 29.7 Å². The Morgan fingerprint density at radius 1 is 0.302 bits per heavy atom. The molecule has 0 radical (unpaired) electrons. The van der Waals surface area contributed by atoms with E-state index >= 15 is 0 Å². The van der Waals surface area contributed by atoms with Crippen molar-refractivity contribution in [3.8, 4) is 17.2 Å². The van der Waals surface area contributed by atoms with E-state index in [1.807, 2.05) is 0 Å². The number of hydrogen-bond donors (Lipinski definition) is 0. The second-order valence-electron chi connectivity index (χ2n) is 27.4. The third-order valence-corrected chi connectivity index (χ3v) is 13.4. The van der Waals surface area contributed by atoms with Crippen molar-refractivity contribution in [2.45, 2.75) is 216 Å². The van der Waals surface area contributed by atoms with Gasteiger partial charge in [0.1, 0.15) is 17.2 Å². The lowest BCUT2D eigenvalue weighted by Gasteiger charge is -2.38. The van der Waals surface area contributed by atoms with Gasteiger partial charge in [0.2, 0.25) is 25.0 Å². The molecule has 63 heavy (non-hydrogen) atoms. The van der Waals surface area contributed by atoms with Crippen molar-refractivity contribution in [3.05, 3.63) is 69.8 Å². The minimum atomic E-state index is -2.01. The van der Waals surface area contributed by atoms with Crippen LogP contribution in [0.1, 0.15) is 158 Å². The molecule has 1 aliphatic heterocycles. The molecule has 12 heteroatoms. The molecule has 348 valence electrons. The van der Waals surface area contributed by atoms with Gasteiger partial charge in [-0.25, -0.2) is 0 Å². The molecule has 0 amide bonds. The van der Waals surface area contributed by atoms with Gasteiger partial charge in [0.15, 0.2) is 0 Å². The Morgan fingerprint density at radius 2 is 0.444 bits per heavy atom. The minimum Gasteiger partial charge on any atom is -0.544 e. The molecule has 1 heterocycles. The van der Waals surface area contributed by atoms with Gasteiger partial charge in [0.05, 0.1) is 0 Å². The normalized spacial score (nSPS) is 15.6. The summed E-state index contributed by atoms with van der Waals surface area (Å²) in [5.74, 6) is 2.97. The van der Waals surface area contributed by atoms with Crippen molar-refractivity contribution < 1.29 is 27.0 Å².